The second kappa shape index (κ2) is 6.87. The van der Waals surface area contributed by atoms with Crippen molar-refractivity contribution >= 4 is 28.7 Å². The Labute approximate surface area is 123 Å². The molecule has 0 bridgehead atoms. The molecule has 0 saturated heterocycles. The first-order chi connectivity index (χ1) is 10.2. The molecule has 2 aromatic rings. The van der Waals surface area contributed by atoms with Crippen molar-refractivity contribution in [2.75, 3.05) is 37.3 Å². The summed E-state index contributed by atoms with van der Waals surface area (Å²) in [6.45, 7) is 5.95. The number of rotatable bonds is 7. The number of amides is 1. The van der Waals surface area contributed by atoms with E-state index in [1.165, 1.54) is 0 Å². The highest BCUT2D eigenvalue weighted by Gasteiger charge is 2.11. The summed E-state index contributed by atoms with van der Waals surface area (Å²) in [4.78, 5) is 22.4. The van der Waals surface area contributed by atoms with E-state index in [4.69, 9.17) is 0 Å². The van der Waals surface area contributed by atoms with Crippen LogP contribution in [0.5, 0.6) is 0 Å². The SMILES string of the molecule is CCN(CC)C(=O)CCNc1nc(NC)nc2[nH]ncc12. The number of aromatic amines is 1. The van der Waals surface area contributed by atoms with Crippen LogP contribution < -0.4 is 10.6 Å². The van der Waals surface area contributed by atoms with E-state index in [0.29, 0.717) is 30.4 Å². The quantitative estimate of drug-likeness (QED) is 0.705. The molecule has 114 valence electrons. The fourth-order valence-electron chi connectivity index (χ4n) is 2.10. The average molecular weight is 291 g/mol. The molecular formula is C13H21N7O. The summed E-state index contributed by atoms with van der Waals surface area (Å²) in [5, 5.41) is 13.7. The molecule has 21 heavy (non-hydrogen) atoms. The molecule has 2 heterocycles. The minimum Gasteiger partial charge on any atom is -0.369 e. The molecule has 3 N–H and O–H groups in total. The fourth-order valence-corrected chi connectivity index (χ4v) is 2.10. The van der Waals surface area contributed by atoms with Crippen LogP contribution in [0.25, 0.3) is 11.0 Å². The maximum absolute atomic E-state index is 12.0. The van der Waals surface area contributed by atoms with Crippen molar-refractivity contribution in [2.45, 2.75) is 20.3 Å². The molecule has 0 unspecified atom stereocenters. The second-order valence-electron chi connectivity index (χ2n) is 4.52. The van der Waals surface area contributed by atoms with E-state index in [1.807, 2.05) is 18.7 Å². The molecule has 0 aliphatic carbocycles. The van der Waals surface area contributed by atoms with Gasteiger partial charge in [-0.25, -0.2) is 0 Å². The lowest BCUT2D eigenvalue weighted by Gasteiger charge is -2.18. The standard InChI is InChI=1S/C13H21N7O/c1-4-20(5-2)10(21)6-7-15-11-9-8-16-19-12(9)18-13(14-3)17-11/h8H,4-7H2,1-3H3,(H3,14,15,16,17,18,19). The number of carbonyl (C=O) groups is 1. The van der Waals surface area contributed by atoms with Crippen molar-refractivity contribution in [2.24, 2.45) is 0 Å². The monoisotopic (exact) mass is 291 g/mol. The zero-order valence-corrected chi connectivity index (χ0v) is 12.6. The van der Waals surface area contributed by atoms with Crippen LogP contribution in [0.1, 0.15) is 20.3 Å². The summed E-state index contributed by atoms with van der Waals surface area (Å²) in [5.41, 5.74) is 0.659. The highest BCUT2D eigenvalue weighted by molar-refractivity contribution is 5.87. The summed E-state index contributed by atoms with van der Waals surface area (Å²) >= 11 is 0. The molecule has 0 aliphatic rings. The maximum atomic E-state index is 12.0. The van der Waals surface area contributed by atoms with Crippen molar-refractivity contribution in [1.29, 1.82) is 0 Å². The van der Waals surface area contributed by atoms with Gasteiger partial charge < -0.3 is 15.5 Å². The zero-order chi connectivity index (χ0) is 15.2. The Morgan fingerprint density at radius 3 is 2.76 bits per heavy atom. The van der Waals surface area contributed by atoms with E-state index in [9.17, 15) is 4.79 Å². The molecule has 0 atom stereocenters. The molecule has 0 fully saturated rings. The van der Waals surface area contributed by atoms with Gasteiger partial charge in [0.2, 0.25) is 11.9 Å². The molecule has 2 aromatic heterocycles. The van der Waals surface area contributed by atoms with Crippen molar-refractivity contribution in [1.82, 2.24) is 25.1 Å². The Bertz CT molecular complexity index is 606. The van der Waals surface area contributed by atoms with Gasteiger partial charge in [0.05, 0.1) is 11.6 Å². The fraction of sp³-hybridized carbons (Fsp3) is 0.538. The summed E-state index contributed by atoms with van der Waals surface area (Å²) in [7, 11) is 1.76. The van der Waals surface area contributed by atoms with Crippen LogP contribution in [0.2, 0.25) is 0 Å². The molecule has 0 radical (unpaired) electrons. The van der Waals surface area contributed by atoms with E-state index >= 15 is 0 Å². The minimum atomic E-state index is 0.138. The summed E-state index contributed by atoms with van der Waals surface area (Å²) in [6, 6.07) is 0. The number of H-pyrrole nitrogens is 1. The molecule has 0 aromatic carbocycles. The van der Waals surface area contributed by atoms with Crippen molar-refractivity contribution in [3.63, 3.8) is 0 Å². The highest BCUT2D eigenvalue weighted by Crippen LogP contribution is 2.19. The van der Waals surface area contributed by atoms with Gasteiger partial charge in [0, 0.05) is 33.1 Å². The second-order valence-corrected chi connectivity index (χ2v) is 4.52. The highest BCUT2D eigenvalue weighted by atomic mass is 16.2. The zero-order valence-electron chi connectivity index (χ0n) is 12.6. The van der Waals surface area contributed by atoms with Crippen LogP contribution in [0.15, 0.2) is 6.20 Å². The van der Waals surface area contributed by atoms with E-state index in [-0.39, 0.29) is 5.91 Å². The van der Waals surface area contributed by atoms with Gasteiger partial charge in [-0.15, -0.1) is 0 Å². The lowest BCUT2D eigenvalue weighted by atomic mass is 10.3. The summed E-state index contributed by atoms with van der Waals surface area (Å²) in [5.74, 6) is 1.31. The smallest absolute Gasteiger partial charge is 0.226 e. The molecule has 1 amide bonds. The van der Waals surface area contributed by atoms with Crippen molar-refractivity contribution in [3.05, 3.63) is 6.20 Å². The summed E-state index contributed by atoms with van der Waals surface area (Å²) < 4.78 is 0. The third-order valence-corrected chi connectivity index (χ3v) is 3.28. The van der Waals surface area contributed by atoms with Gasteiger partial charge >= 0.3 is 0 Å². The third-order valence-electron chi connectivity index (χ3n) is 3.28. The van der Waals surface area contributed by atoms with Crippen LogP contribution in [0, 0.1) is 0 Å². The van der Waals surface area contributed by atoms with Crippen LogP contribution >= 0.6 is 0 Å². The molecule has 0 aliphatic heterocycles. The lowest BCUT2D eigenvalue weighted by molar-refractivity contribution is -0.130. The Kier molecular flexibility index (Phi) is 4.91. The molecule has 8 heteroatoms. The average Bonchev–Trinajstić information content (AvgIpc) is 2.96. The van der Waals surface area contributed by atoms with Gasteiger partial charge in [-0.1, -0.05) is 0 Å². The Balaban J connectivity index is 2.03. The number of anilines is 2. The van der Waals surface area contributed by atoms with E-state index < -0.39 is 0 Å². The first kappa shape index (κ1) is 15.0. The van der Waals surface area contributed by atoms with Crippen LogP contribution in [-0.4, -0.2) is 57.7 Å². The van der Waals surface area contributed by atoms with E-state index in [0.717, 1.165) is 18.5 Å². The number of carbonyl (C=O) groups excluding carboxylic acids is 1. The molecule has 2 rings (SSSR count). The van der Waals surface area contributed by atoms with E-state index in [2.05, 4.69) is 30.8 Å². The number of nitrogens with zero attached hydrogens (tertiary/aromatic N) is 4. The van der Waals surface area contributed by atoms with Gasteiger partial charge in [-0.3, -0.25) is 9.89 Å². The first-order valence-electron chi connectivity index (χ1n) is 7.10. The van der Waals surface area contributed by atoms with Gasteiger partial charge in [0.15, 0.2) is 5.65 Å². The molecular weight excluding hydrogens is 270 g/mol. The third kappa shape index (κ3) is 3.39. The number of nitrogens with one attached hydrogen (secondary N) is 3. The van der Waals surface area contributed by atoms with Gasteiger partial charge in [-0.05, 0) is 13.8 Å². The predicted octanol–water partition coefficient (Wildman–Crippen LogP) is 1.06. The Morgan fingerprint density at radius 1 is 1.33 bits per heavy atom. The lowest BCUT2D eigenvalue weighted by Crippen LogP contribution is -2.31. The molecule has 0 spiro atoms. The number of aromatic nitrogens is 4. The van der Waals surface area contributed by atoms with Gasteiger partial charge in [0.1, 0.15) is 5.82 Å². The van der Waals surface area contributed by atoms with Crippen molar-refractivity contribution < 1.29 is 4.79 Å². The van der Waals surface area contributed by atoms with E-state index in [1.54, 1.807) is 13.2 Å². The van der Waals surface area contributed by atoms with Gasteiger partial charge in [-0.2, -0.15) is 15.1 Å². The first-order valence-corrected chi connectivity index (χ1v) is 7.10. The maximum Gasteiger partial charge on any atom is 0.226 e. The topological polar surface area (TPSA) is 98.8 Å². The van der Waals surface area contributed by atoms with Crippen LogP contribution in [0.4, 0.5) is 11.8 Å². The number of hydrogen-bond donors (Lipinski definition) is 3. The summed E-state index contributed by atoms with van der Waals surface area (Å²) in [6.07, 6.45) is 2.10. The largest absolute Gasteiger partial charge is 0.369 e. The molecule has 0 saturated carbocycles. The number of hydrogen-bond acceptors (Lipinski definition) is 6. The Morgan fingerprint density at radius 2 is 2.10 bits per heavy atom. The van der Waals surface area contributed by atoms with Crippen molar-refractivity contribution in [3.8, 4) is 0 Å². The Hall–Kier alpha value is -2.38. The van der Waals surface area contributed by atoms with Crippen LogP contribution in [0.3, 0.4) is 0 Å². The van der Waals surface area contributed by atoms with Gasteiger partial charge in [0.25, 0.3) is 0 Å². The normalized spacial score (nSPS) is 10.6. The predicted molar refractivity (Wildman–Crippen MR) is 82.3 cm³/mol. The molecule has 8 nitrogen and oxygen atoms in total. The van der Waals surface area contributed by atoms with Crippen LogP contribution in [-0.2, 0) is 4.79 Å². The number of fused-ring (bicyclic) bond motifs is 1. The minimum absolute atomic E-state index is 0.138.